The molecule has 0 aliphatic rings. The van der Waals surface area contributed by atoms with Gasteiger partial charge in [-0.25, -0.2) is 0 Å². The van der Waals surface area contributed by atoms with Crippen molar-refractivity contribution in [2.75, 3.05) is 9.80 Å². The number of hydrogen-bond donors (Lipinski definition) is 0. The molecule has 6 heterocycles. The van der Waals surface area contributed by atoms with Gasteiger partial charge in [0, 0.05) is 77.8 Å². The number of fused-ring (bicyclic) bond motifs is 22. The van der Waals surface area contributed by atoms with E-state index in [2.05, 4.69) is 350 Å². The molecule has 8 heteroatoms. The van der Waals surface area contributed by atoms with Gasteiger partial charge in [-0.15, -0.1) is 0 Å². The molecule has 24 aromatic rings. The molecule has 0 saturated heterocycles. The minimum Gasteiger partial charge on any atom is -0.456 e. The van der Waals surface area contributed by atoms with Gasteiger partial charge < -0.3 is 36.3 Å². The van der Waals surface area contributed by atoms with Gasteiger partial charge in [0.05, 0.1) is 38.6 Å². The summed E-state index contributed by atoms with van der Waals surface area (Å²) in [6.45, 7) is 0. The maximum Gasteiger partial charge on any atom is 0.149 e. The van der Waals surface area contributed by atoms with E-state index in [9.17, 15) is 0 Å². The van der Waals surface area contributed by atoms with E-state index in [-0.39, 0.29) is 0 Å². The van der Waals surface area contributed by atoms with Gasteiger partial charge in [0.1, 0.15) is 67.0 Å². The second kappa shape index (κ2) is 27.1. The van der Waals surface area contributed by atoms with E-state index in [0.29, 0.717) is 0 Å². The van der Waals surface area contributed by atoms with Crippen LogP contribution in [0.4, 0.5) is 34.1 Å². The summed E-state index contributed by atoms with van der Waals surface area (Å²) < 4.78 is 40.4. The monoisotopic (exact) mass is 1490 g/mol. The molecule has 0 aliphatic carbocycles. The van der Waals surface area contributed by atoms with E-state index in [0.717, 1.165) is 210 Å². The molecule has 0 N–H and O–H groups in total. The van der Waals surface area contributed by atoms with E-state index in [1.54, 1.807) is 0 Å². The Hall–Kier alpha value is -15.6. The summed E-state index contributed by atoms with van der Waals surface area (Å²) in [5.74, 6) is 0. The number of furan rings is 6. The highest BCUT2D eigenvalue weighted by molar-refractivity contribution is 6.35. The second-order valence-electron chi connectivity index (χ2n) is 29.6. The summed E-state index contributed by atoms with van der Waals surface area (Å²) in [6, 6.07) is 140. The maximum atomic E-state index is 6.98. The van der Waals surface area contributed by atoms with E-state index in [4.69, 9.17) is 26.5 Å². The van der Waals surface area contributed by atoms with Gasteiger partial charge in [0.15, 0.2) is 0 Å². The summed E-state index contributed by atoms with van der Waals surface area (Å²) in [5, 5.41) is 12.1. The van der Waals surface area contributed by atoms with Crippen LogP contribution in [0.1, 0.15) is 0 Å². The SMILES string of the molecule is c1ccc(-c2ccc(-c3ccccc3N(c3ccc(-c4ccccc4)cc3)c3cc4oc5ccc6oc7ccccc7c6c5c4c4oc5ccccc5c34)cc2)cc1.c1ccc(-c2ccc(N(c3cc(-c4ccccc4)cc(-c4ccccc4)c3)c3cc4oc5ccc6oc7ccccc7c6c5c4c4oc5ccccc5c34)cc2)cc1. The Morgan fingerprint density at radius 2 is 0.440 bits per heavy atom. The third-order valence-electron chi connectivity index (χ3n) is 22.9. The Labute approximate surface area is 665 Å². The van der Waals surface area contributed by atoms with Crippen molar-refractivity contribution >= 4 is 166 Å². The fourth-order valence-electron chi connectivity index (χ4n) is 17.6. The first kappa shape index (κ1) is 66.2. The third kappa shape index (κ3) is 11.0. The number of rotatable bonds is 12. The van der Waals surface area contributed by atoms with E-state index in [1.807, 2.05) is 60.7 Å². The lowest BCUT2D eigenvalue weighted by Crippen LogP contribution is -2.11. The lowest BCUT2D eigenvalue weighted by molar-refractivity contribution is 0.660. The summed E-state index contributed by atoms with van der Waals surface area (Å²) in [6.07, 6.45) is 0. The topological polar surface area (TPSA) is 85.3 Å². The van der Waals surface area contributed by atoms with Crippen LogP contribution < -0.4 is 9.80 Å². The Bertz CT molecular complexity index is 7860. The Balaban J connectivity index is 0.000000137. The number of benzene rings is 18. The zero-order valence-corrected chi connectivity index (χ0v) is 62.4. The van der Waals surface area contributed by atoms with Crippen molar-refractivity contribution in [1.82, 2.24) is 0 Å². The normalized spacial score (nSPS) is 11.8. The molecule has 0 atom stereocenters. The van der Waals surface area contributed by atoms with Crippen molar-refractivity contribution < 1.29 is 26.5 Å². The summed E-state index contributed by atoms with van der Waals surface area (Å²) in [7, 11) is 0. The van der Waals surface area contributed by atoms with Crippen LogP contribution in [0.15, 0.2) is 427 Å². The Morgan fingerprint density at radius 3 is 0.853 bits per heavy atom. The fraction of sp³-hybridized carbons (Fsp3) is 0. The van der Waals surface area contributed by atoms with Crippen molar-refractivity contribution in [2.24, 2.45) is 0 Å². The number of para-hydroxylation sites is 5. The number of anilines is 6. The molecule has 8 nitrogen and oxygen atoms in total. The molecular formula is C108H66N2O6. The molecule has 18 aromatic carbocycles. The first-order valence-electron chi connectivity index (χ1n) is 39.2. The minimum atomic E-state index is 0.739. The highest BCUT2D eigenvalue weighted by Crippen LogP contribution is 2.55. The van der Waals surface area contributed by atoms with Crippen LogP contribution in [0, 0.1) is 0 Å². The molecule has 0 bridgehead atoms. The lowest BCUT2D eigenvalue weighted by Gasteiger charge is -2.29. The molecule has 116 heavy (non-hydrogen) atoms. The van der Waals surface area contributed by atoms with Crippen molar-refractivity contribution in [1.29, 1.82) is 0 Å². The Morgan fingerprint density at radius 1 is 0.147 bits per heavy atom. The molecule has 544 valence electrons. The predicted octanol–water partition coefficient (Wildman–Crippen LogP) is 31.7. The minimum absolute atomic E-state index is 0.739. The molecule has 0 aliphatic heterocycles. The number of hydrogen-bond acceptors (Lipinski definition) is 8. The van der Waals surface area contributed by atoms with Gasteiger partial charge in [-0.3, -0.25) is 0 Å². The highest BCUT2D eigenvalue weighted by Gasteiger charge is 2.31. The first-order valence-corrected chi connectivity index (χ1v) is 39.2. The van der Waals surface area contributed by atoms with Crippen LogP contribution in [-0.2, 0) is 0 Å². The van der Waals surface area contributed by atoms with Crippen LogP contribution >= 0.6 is 0 Å². The molecule has 0 spiro atoms. The summed E-state index contributed by atoms with van der Waals surface area (Å²) in [4.78, 5) is 4.74. The largest absolute Gasteiger partial charge is 0.456 e. The van der Waals surface area contributed by atoms with Gasteiger partial charge in [-0.1, -0.05) is 291 Å². The van der Waals surface area contributed by atoms with Crippen LogP contribution in [-0.4, -0.2) is 0 Å². The van der Waals surface area contributed by atoms with Crippen molar-refractivity contribution in [3.05, 3.63) is 400 Å². The molecule has 0 unspecified atom stereocenters. The molecule has 24 rings (SSSR count). The second-order valence-corrected chi connectivity index (χ2v) is 29.6. The summed E-state index contributed by atoms with van der Waals surface area (Å²) in [5.41, 5.74) is 29.3. The van der Waals surface area contributed by atoms with Gasteiger partial charge >= 0.3 is 0 Å². The van der Waals surface area contributed by atoms with Crippen molar-refractivity contribution in [2.45, 2.75) is 0 Å². The van der Waals surface area contributed by atoms with E-state index < -0.39 is 0 Å². The average molecular weight is 1490 g/mol. The van der Waals surface area contributed by atoms with Crippen LogP contribution in [0.3, 0.4) is 0 Å². The fourth-order valence-corrected chi connectivity index (χ4v) is 17.6. The first-order chi connectivity index (χ1) is 57.5. The van der Waals surface area contributed by atoms with Gasteiger partial charge in [0.25, 0.3) is 0 Å². The molecule has 6 aromatic heterocycles. The lowest BCUT2D eigenvalue weighted by atomic mass is 9.96. The molecular weight excluding hydrogens is 1420 g/mol. The number of nitrogens with zero attached hydrogens (tertiary/aromatic N) is 2. The van der Waals surface area contributed by atoms with Gasteiger partial charge in [-0.2, -0.15) is 0 Å². The standard InChI is InChI=1S/2C54H33NO3/c1-4-14-34(15-5-1)37-24-26-40(27-25-37)55(41-31-38(35-16-6-2-7-17-35)30-39(32-41)36-18-8-3-9-19-36)44-33-49-53(54-50(44)42-20-10-13-23-46(42)58-54)52-48(57-49)29-28-47-51(52)43-21-11-12-22-45(43)56-47;1-3-13-34(14-4-1)36-23-25-38(26-24-36)40-17-7-10-20-43(40)55(39-29-27-37(28-30-39)35-15-5-2-6-16-35)44-33-49-53(54-50(44)41-18-8-12-22-46(41)58-54)52-48(57-49)32-31-47-51(52)42-19-9-11-21-45(42)56-47/h2*1-33H. The average Bonchev–Trinajstić information content (AvgIpc) is 1.55. The van der Waals surface area contributed by atoms with Crippen LogP contribution in [0.25, 0.3) is 198 Å². The molecule has 0 radical (unpaired) electrons. The predicted molar refractivity (Wildman–Crippen MR) is 479 cm³/mol. The van der Waals surface area contributed by atoms with E-state index in [1.165, 1.54) is 22.3 Å². The van der Waals surface area contributed by atoms with Crippen molar-refractivity contribution in [3.63, 3.8) is 0 Å². The molecule has 0 saturated carbocycles. The van der Waals surface area contributed by atoms with Gasteiger partial charge in [0.2, 0.25) is 0 Å². The molecule has 0 amide bonds. The summed E-state index contributed by atoms with van der Waals surface area (Å²) >= 11 is 0. The zero-order valence-electron chi connectivity index (χ0n) is 62.4. The zero-order chi connectivity index (χ0) is 76.3. The highest BCUT2D eigenvalue weighted by atomic mass is 16.4. The van der Waals surface area contributed by atoms with Crippen LogP contribution in [0.2, 0.25) is 0 Å². The Kier molecular flexibility index (Phi) is 15.5. The van der Waals surface area contributed by atoms with Gasteiger partial charge in [-0.05, 0) is 158 Å². The maximum absolute atomic E-state index is 6.98. The van der Waals surface area contributed by atoms with Crippen molar-refractivity contribution in [3.8, 4) is 66.8 Å². The van der Waals surface area contributed by atoms with Crippen LogP contribution in [0.5, 0.6) is 0 Å². The third-order valence-corrected chi connectivity index (χ3v) is 22.9. The quantitative estimate of drug-likeness (QED) is 0.120. The molecule has 0 fully saturated rings. The smallest absolute Gasteiger partial charge is 0.149 e. The van der Waals surface area contributed by atoms with E-state index >= 15 is 0 Å².